The van der Waals surface area contributed by atoms with E-state index in [4.69, 9.17) is 34.0 Å². The van der Waals surface area contributed by atoms with Crippen LogP contribution in [-0.4, -0.2) is 11.7 Å². The Morgan fingerprint density at radius 2 is 2.00 bits per heavy atom. The van der Waals surface area contributed by atoms with E-state index < -0.39 is 0 Å². The van der Waals surface area contributed by atoms with E-state index in [1.807, 2.05) is 0 Å². The maximum absolute atomic E-state index is 8.69. The molecule has 5 heteroatoms. The van der Waals surface area contributed by atoms with Crippen LogP contribution in [0.3, 0.4) is 0 Å². The Bertz CT molecular complexity index is 293. The third-order valence-electron chi connectivity index (χ3n) is 1.80. The van der Waals surface area contributed by atoms with Crippen molar-refractivity contribution in [1.82, 2.24) is 0 Å². The molecule has 1 rings (SSSR count). The van der Waals surface area contributed by atoms with Crippen LogP contribution >= 0.6 is 35.6 Å². The van der Waals surface area contributed by atoms with Gasteiger partial charge in [0.15, 0.2) is 0 Å². The van der Waals surface area contributed by atoms with Gasteiger partial charge < -0.3 is 10.8 Å². The Hall–Kier alpha value is 0.01000. The summed E-state index contributed by atoms with van der Waals surface area (Å²) in [6, 6.07) is 4.94. The van der Waals surface area contributed by atoms with Crippen LogP contribution in [0, 0.1) is 0 Å². The summed E-state index contributed by atoms with van der Waals surface area (Å²) in [6.45, 7) is 0.0557. The Morgan fingerprint density at radius 3 is 2.50 bits per heavy atom. The average Bonchev–Trinajstić information content (AvgIpc) is 2.04. The predicted octanol–water partition coefficient (Wildman–Crippen LogP) is 2.80. The summed E-state index contributed by atoms with van der Waals surface area (Å²) in [5, 5.41) is 9.83. The molecular formula is C9H12Cl3NO. The van der Waals surface area contributed by atoms with Gasteiger partial charge in [-0.3, -0.25) is 0 Å². The van der Waals surface area contributed by atoms with E-state index in [-0.39, 0.29) is 25.1 Å². The fourth-order valence-electron chi connectivity index (χ4n) is 1.10. The Kier molecular flexibility index (Phi) is 6.49. The van der Waals surface area contributed by atoms with E-state index in [0.29, 0.717) is 16.5 Å². The summed E-state index contributed by atoms with van der Waals surface area (Å²) < 4.78 is 0. The van der Waals surface area contributed by atoms with Gasteiger partial charge >= 0.3 is 0 Å². The molecule has 0 aliphatic carbocycles. The maximum atomic E-state index is 8.69. The second-order valence-corrected chi connectivity index (χ2v) is 3.63. The summed E-state index contributed by atoms with van der Waals surface area (Å²) in [5.41, 5.74) is 6.59. The number of nitrogens with two attached hydrogens (primary N) is 1. The highest BCUT2D eigenvalue weighted by molar-refractivity contribution is 6.35. The molecule has 1 aromatic rings. The number of aliphatic hydroxyl groups excluding tert-OH is 1. The van der Waals surface area contributed by atoms with Gasteiger partial charge in [-0.25, -0.2) is 0 Å². The van der Waals surface area contributed by atoms with E-state index >= 15 is 0 Å². The summed E-state index contributed by atoms with van der Waals surface area (Å²) in [5.74, 6) is 0. The minimum absolute atomic E-state index is 0. The molecule has 0 bridgehead atoms. The van der Waals surface area contributed by atoms with Crippen LogP contribution in [0.2, 0.25) is 10.0 Å². The normalized spacial score (nSPS) is 12.0. The highest BCUT2D eigenvalue weighted by atomic mass is 35.5. The molecular weight excluding hydrogens is 244 g/mol. The molecule has 80 valence electrons. The monoisotopic (exact) mass is 255 g/mol. The minimum atomic E-state index is -0.227. The molecule has 3 N–H and O–H groups in total. The minimum Gasteiger partial charge on any atom is -0.396 e. The van der Waals surface area contributed by atoms with Crippen molar-refractivity contribution in [2.45, 2.75) is 12.5 Å². The average molecular weight is 257 g/mol. The lowest BCUT2D eigenvalue weighted by atomic mass is 10.1. The maximum Gasteiger partial charge on any atom is 0.0468 e. The van der Waals surface area contributed by atoms with E-state index in [0.717, 1.165) is 5.56 Å². The Morgan fingerprint density at radius 1 is 1.36 bits per heavy atom. The molecule has 0 saturated carbocycles. The number of rotatable bonds is 3. The molecule has 0 aromatic heterocycles. The lowest BCUT2D eigenvalue weighted by Crippen LogP contribution is -2.12. The van der Waals surface area contributed by atoms with Crippen molar-refractivity contribution in [3.63, 3.8) is 0 Å². The first-order valence-electron chi connectivity index (χ1n) is 3.96. The molecule has 14 heavy (non-hydrogen) atoms. The zero-order valence-corrected chi connectivity index (χ0v) is 9.74. The first kappa shape index (κ1) is 14.0. The lowest BCUT2D eigenvalue weighted by Gasteiger charge is -2.11. The molecule has 0 radical (unpaired) electrons. The smallest absolute Gasteiger partial charge is 0.0468 e. The van der Waals surface area contributed by atoms with Gasteiger partial charge in [0.25, 0.3) is 0 Å². The molecule has 0 fully saturated rings. The number of hydrogen-bond acceptors (Lipinski definition) is 2. The molecule has 1 atom stereocenters. The predicted molar refractivity (Wildman–Crippen MR) is 62.3 cm³/mol. The largest absolute Gasteiger partial charge is 0.396 e. The molecule has 0 aliphatic rings. The second-order valence-electron chi connectivity index (χ2n) is 2.78. The SMILES string of the molecule is Cl.N[C@@H](CCO)c1ccc(Cl)cc1Cl. The quantitative estimate of drug-likeness (QED) is 0.873. The van der Waals surface area contributed by atoms with Gasteiger partial charge in [-0.05, 0) is 24.1 Å². The van der Waals surface area contributed by atoms with Crippen molar-refractivity contribution >= 4 is 35.6 Å². The fraction of sp³-hybridized carbons (Fsp3) is 0.333. The molecule has 0 spiro atoms. The van der Waals surface area contributed by atoms with Crippen LogP contribution in [0.4, 0.5) is 0 Å². The van der Waals surface area contributed by atoms with Crippen molar-refractivity contribution in [2.75, 3.05) is 6.61 Å². The zero-order valence-electron chi connectivity index (χ0n) is 7.41. The van der Waals surface area contributed by atoms with E-state index in [2.05, 4.69) is 0 Å². The molecule has 1 aromatic carbocycles. The van der Waals surface area contributed by atoms with Crippen LogP contribution < -0.4 is 5.73 Å². The summed E-state index contributed by atoms with van der Waals surface area (Å²) in [7, 11) is 0. The Balaban J connectivity index is 0.00000169. The van der Waals surface area contributed by atoms with Gasteiger partial charge in [-0.2, -0.15) is 0 Å². The van der Waals surface area contributed by atoms with Gasteiger partial charge in [0, 0.05) is 22.7 Å². The summed E-state index contributed by atoms with van der Waals surface area (Å²) in [6.07, 6.45) is 0.501. The van der Waals surface area contributed by atoms with Crippen molar-refractivity contribution in [3.8, 4) is 0 Å². The molecule has 0 unspecified atom stereocenters. The first-order valence-corrected chi connectivity index (χ1v) is 4.72. The Labute approximate surface area is 99.4 Å². The summed E-state index contributed by atoms with van der Waals surface area (Å²) in [4.78, 5) is 0. The van der Waals surface area contributed by atoms with Crippen molar-refractivity contribution in [2.24, 2.45) is 5.73 Å². The molecule has 0 aliphatic heterocycles. The molecule has 0 saturated heterocycles. The second kappa shape index (κ2) is 6.49. The molecule has 0 heterocycles. The number of aliphatic hydroxyl groups is 1. The third-order valence-corrected chi connectivity index (χ3v) is 2.36. The van der Waals surface area contributed by atoms with E-state index in [9.17, 15) is 0 Å². The van der Waals surface area contributed by atoms with Gasteiger partial charge in [0.2, 0.25) is 0 Å². The van der Waals surface area contributed by atoms with Gasteiger partial charge in [-0.1, -0.05) is 29.3 Å². The molecule has 2 nitrogen and oxygen atoms in total. The topological polar surface area (TPSA) is 46.2 Å². The number of hydrogen-bond donors (Lipinski definition) is 2. The summed E-state index contributed by atoms with van der Waals surface area (Å²) >= 11 is 11.6. The van der Waals surface area contributed by atoms with Gasteiger partial charge in [0.05, 0.1) is 0 Å². The zero-order chi connectivity index (χ0) is 9.84. The van der Waals surface area contributed by atoms with Crippen LogP contribution in [-0.2, 0) is 0 Å². The van der Waals surface area contributed by atoms with Gasteiger partial charge in [-0.15, -0.1) is 12.4 Å². The van der Waals surface area contributed by atoms with Crippen molar-refractivity contribution < 1.29 is 5.11 Å². The first-order chi connectivity index (χ1) is 6.15. The molecule has 0 amide bonds. The number of halogens is 3. The fourth-order valence-corrected chi connectivity index (χ4v) is 1.65. The van der Waals surface area contributed by atoms with E-state index in [1.54, 1.807) is 18.2 Å². The van der Waals surface area contributed by atoms with Crippen LogP contribution in [0.1, 0.15) is 18.0 Å². The standard InChI is InChI=1S/C9H11Cl2NO.ClH/c10-6-1-2-7(8(11)5-6)9(12)3-4-13;/h1-2,5,9,13H,3-4,12H2;1H/t9-;/m0./s1. The highest BCUT2D eigenvalue weighted by Crippen LogP contribution is 2.26. The van der Waals surface area contributed by atoms with E-state index in [1.165, 1.54) is 0 Å². The third kappa shape index (κ3) is 3.64. The van der Waals surface area contributed by atoms with Crippen LogP contribution in [0.15, 0.2) is 18.2 Å². The lowest BCUT2D eigenvalue weighted by molar-refractivity contribution is 0.276. The highest BCUT2D eigenvalue weighted by Gasteiger charge is 2.09. The van der Waals surface area contributed by atoms with Crippen molar-refractivity contribution in [3.05, 3.63) is 33.8 Å². The van der Waals surface area contributed by atoms with Crippen molar-refractivity contribution in [1.29, 1.82) is 0 Å². The van der Waals surface area contributed by atoms with Crippen LogP contribution in [0.25, 0.3) is 0 Å². The van der Waals surface area contributed by atoms with Crippen LogP contribution in [0.5, 0.6) is 0 Å². The van der Waals surface area contributed by atoms with Gasteiger partial charge in [0.1, 0.15) is 0 Å². The number of benzene rings is 1.